The first-order chi connectivity index (χ1) is 21.3. The molecule has 14 heteroatoms. The zero-order chi connectivity index (χ0) is 33.1. The van der Waals surface area contributed by atoms with E-state index in [2.05, 4.69) is 31.4 Å². The van der Waals surface area contributed by atoms with Crippen LogP contribution in [0.1, 0.15) is 57.0 Å². The van der Waals surface area contributed by atoms with E-state index in [4.69, 9.17) is 9.47 Å². The van der Waals surface area contributed by atoms with E-state index in [9.17, 15) is 24.0 Å². The van der Waals surface area contributed by atoms with Crippen molar-refractivity contribution in [2.75, 3.05) is 7.05 Å². The summed E-state index contributed by atoms with van der Waals surface area (Å²) in [6, 6.07) is 13.4. The van der Waals surface area contributed by atoms with Gasteiger partial charge < -0.3 is 25.4 Å². The summed E-state index contributed by atoms with van der Waals surface area (Å²) in [4.78, 5) is 64.9. The minimum atomic E-state index is -1.31. The van der Waals surface area contributed by atoms with Crippen molar-refractivity contribution in [3.05, 3.63) is 65.7 Å². The van der Waals surface area contributed by atoms with Crippen molar-refractivity contribution in [2.45, 2.75) is 71.9 Å². The third kappa shape index (κ3) is 10.5. The quantitative estimate of drug-likeness (QED) is 0.240. The van der Waals surface area contributed by atoms with Crippen LogP contribution in [0.2, 0.25) is 0 Å². The molecular formula is C31H39N7O7. The van der Waals surface area contributed by atoms with Crippen LogP contribution in [-0.4, -0.2) is 74.6 Å². The Hall–Kier alpha value is -5.14. The van der Waals surface area contributed by atoms with Crippen LogP contribution in [0.3, 0.4) is 0 Å². The number of alkyl carbamates (subject to hydrolysis) is 1. The summed E-state index contributed by atoms with van der Waals surface area (Å²) in [7, 11) is 1.49. The lowest BCUT2D eigenvalue weighted by atomic mass is 10.0. The Labute approximate surface area is 261 Å². The first-order valence-electron chi connectivity index (χ1n) is 14.4. The molecule has 2 aromatic carbocycles. The van der Waals surface area contributed by atoms with Crippen LogP contribution in [0.5, 0.6) is 0 Å². The van der Waals surface area contributed by atoms with Gasteiger partial charge in [0.2, 0.25) is 11.7 Å². The standard InChI is InChI=1S/C31H39N7O7/c1-19(2)26(29(42)32-6)34-28(41)22-15-11-10-14-21(22)27-35-37-38(36-27)17-24(39)23(16-25(40)45-31(3,4)5)33-30(43)44-18-20-12-8-7-9-13-20/h7-15,19,23,26H,16-18H2,1-6H3,(H,32,42)(H,33,43)(H,34,41). The van der Waals surface area contributed by atoms with E-state index < -0.39 is 54.4 Å². The molecule has 0 aliphatic rings. The number of rotatable bonds is 13. The summed E-state index contributed by atoms with van der Waals surface area (Å²) in [5.74, 6) is -2.30. The maximum atomic E-state index is 13.3. The molecule has 3 aromatic rings. The van der Waals surface area contributed by atoms with Crippen LogP contribution in [0.4, 0.5) is 4.79 Å². The SMILES string of the molecule is CNC(=O)C(NC(=O)c1ccccc1-c1nnn(CC(=O)C(CC(=O)OC(C)(C)C)NC(=O)OCc2ccccc2)n1)C(C)C. The number of carbonyl (C=O) groups is 5. The second kappa shape index (κ2) is 15.5. The van der Waals surface area contributed by atoms with E-state index in [0.29, 0.717) is 5.56 Å². The third-order valence-corrected chi connectivity index (χ3v) is 6.33. The van der Waals surface area contributed by atoms with Gasteiger partial charge in [0.25, 0.3) is 5.91 Å². The van der Waals surface area contributed by atoms with Gasteiger partial charge in [-0.15, -0.1) is 10.2 Å². The second-order valence-corrected chi connectivity index (χ2v) is 11.5. The van der Waals surface area contributed by atoms with Crippen LogP contribution in [-0.2, 0) is 37.0 Å². The monoisotopic (exact) mass is 621 g/mol. The van der Waals surface area contributed by atoms with Gasteiger partial charge in [0, 0.05) is 12.6 Å². The highest BCUT2D eigenvalue weighted by atomic mass is 16.6. The first-order valence-corrected chi connectivity index (χ1v) is 14.4. The van der Waals surface area contributed by atoms with Gasteiger partial charge in [-0.05, 0) is 43.5 Å². The topological polar surface area (TPSA) is 183 Å². The number of ether oxygens (including phenoxy) is 2. The summed E-state index contributed by atoms with van der Waals surface area (Å²) < 4.78 is 10.6. The van der Waals surface area contributed by atoms with E-state index in [1.807, 2.05) is 19.9 Å². The fourth-order valence-corrected chi connectivity index (χ4v) is 4.16. The molecule has 45 heavy (non-hydrogen) atoms. The molecule has 3 rings (SSSR count). The molecule has 0 aliphatic carbocycles. The van der Waals surface area contributed by atoms with E-state index in [1.165, 1.54) is 7.05 Å². The van der Waals surface area contributed by atoms with Crippen molar-refractivity contribution >= 4 is 29.7 Å². The van der Waals surface area contributed by atoms with Crippen molar-refractivity contribution in [3.63, 3.8) is 0 Å². The molecule has 240 valence electrons. The highest BCUT2D eigenvalue weighted by molar-refractivity contribution is 6.02. The Morgan fingerprint density at radius 3 is 2.24 bits per heavy atom. The number of hydrogen-bond acceptors (Lipinski definition) is 10. The van der Waals surface area contributed by atoms with E-state index in [0.717, 1.165) is 10.4 Å². The van der Waals surface area contributed by atoms with E-state index in [-0.39, 0.29) is 29.8 Å². The van der Waals surface area contributed by atoms with Crippen LogP contribution >= 0.6 is 0 Å². The highest BCUT2D eigenvalue weighted by Crippen LogP contribution is 2.20. The number of nitrogens with one attached hydrogen (secondary N) is 3. The summed E-state index contributed by atoms with van der Waals surface area (Å²) in [6.07, 6.45) is -1.35. The third-order valence-electron chi connectivity index (χ3n) is 6.33. The number of nitrogens with zero attached hydrogens (tertiary/aromatic N) is 4. The summed E-state index contributed by atoms with van der Waals surface area (Å²) in [5.41, 5.74) is 0.449. The highest BCUT2D eigenvalue weighted by Gasteiger charge is 2.29. The maximum absolute atomic E-state index is 13.3. The number of Topliss-reactive ketones (excluding diaryl/α,β-unsaturated/α-hetero) is 1. The second-order valence-electron chi connectivity index (χ2n) is 11.5. The Balaban J connectivity index is 1.76. The Morgan fingerprint density at radius 1 is 0.933 bits per heavy atom. The number of benzene rings is 2. The fraction of sp³-hybridized carbons (Fsp3) is 0.419. The molecule has 0 radical (unpaired) electrons. The first kappa shape index (κ1) is 34.4. The predicted octanol–water partition coefficient (Wildman–Crippen LogP) is 2.44. The minimum Gasteiger partial charge on any atom is -0.460 e. The zero-order valence-electron chi connectivity index (χ0n) is 26.2. The number of amides is 3. The Kier molecular flexibility index (Phi) is 11.9. The van der Waals surface area contributed by atoms with Crippen LogP contribution in [0, 0.1) is 5.92 Å². The Morgan fingerprint density at radius 2 is 1.60 bits per heavy atom. The van der Waals surface area contributed by atoms with Crippen LogP contribution in [0.15, 0.2) is 54.6 Å². The fourth-order valence-electron chi connectivity index (χ4n) is 4.16. The molecule has 0 aliphatic heterocycles. The molecule has 3 N–H and O–H groups in total. The maximum Gasteiger partial charge on any atom is 0.408 e. The molecule has 1 aromatic heterocycles. The number of likely N-dealkylation sites (N-methyl/N-ethyl adjacent to an activating group) is 1. The van der Waals surface area contributed by atoms with Crippen LogP contribution in [0.25, 0.3) is 11.4 Å². The smallest absolute Gasteiger partial charge is 0.408 e. The largest absolute Gasteiger partial charge is 0.460 e. The number of ketones is 1. The van der Waals surface area contributed by atoms with E-state index >= 15 is 0 Å². The van der Waals surface area contributed by atoms with Crippen molar-refractivity contribution < 1.29 is 33.4 Å². The lowest BCUT2D eigenvalue weighted by Crippen LogP contribution is -2.48. The number of hydrogen-bond donors (Lipinski definition) is 3. The molecule has 2 atom stereocenters. The van der Waals surface area contributed by atoms with Crippen molar-refractivity contribution in [1.29, 1.82) is 0 Å². The van der Waals surface area contributed by atoms with Crippen LogP contribution < -0.4 is 16.0 Å². The van der Waals surface area contributed by atoms with Gasteiger partial charge in [0.05, 0.1) is 12.0 Å². The van der Waals surface area contributed by atoms with Gasteiger partial charge in [-0.1, -0.05) is 62.4 Å². The van der Waals surface area contributed by atoms with Crippen molar-refractivity contribution in [1.82, 2.24) is 36.2 Å². The molecule has 0 spiro atoms. The van der Waals surface area contributed by atoms with Gasteiger partial charge in [0.15, 0.2) is 5.78 Å². The lowest BCUT2D eigenvalue weighted by Gasteiger charge is -2.22. The molecule has 0 fully saturated rings. The van der Waals surface area contributed by atoms with Gasteiger partial charge >= 0.3 is 12.1 Å². The van der Waals surface area contributed by atoms with Gasteiger partial charge in [0.1, 0.15) is 30.8 Å². The molecule has 0 saturated carbocycles. The molecule has 2 unspecified atom stereocenters. The molecular weight excluding hydrogens is 582 g/mol. The number of carbonyl (C=O) groups excluding carboxylic acids is 5. The molecule has 14 nitrogen and oxygen atoms in total. The van der Waals surface area contributed by atoms with E-state index in [1.54, 1.807) is 69.3 Å². The van der Waals surface area contributed by atoms with Crippen molar-refractivity contribution in [3.8, 4) is 11.4 Å². The lowest BCUT2D eigenvalue weighted by molar-refractivity contribution is -0.156. The minimum absolute atomic E-state index is 0.0397. The normalized spacial score (nSPS) is 12.5. The number of esters is 1. The average molecular weight is 622 g/mol. The summed E-state index contributed by atoms with van der Waals surface area (Å²) in [5, 5.41) is 19.9. The molecule has 1 heterocycles. The molecule has 0 bridgehead atoms. The van der Waals surface area contributed by atoms with Gasteiger partial charge in [-0.25, -0.2) is 4.79 Å². The van der Waals surface area contributed by atoms with Crippen molar-refractivity contribution in [2.24, 2.45) is 5.92 Å². The number of aromatic nitrogens is 4. The zero-order valence-corrected chi connectivity index (χ0v) is 26.2. The number of tetrazole rings is 1. The molecule has 3 amide bonds. The molecule has 0 saturated heterocycles. The summed E-state index contributed by atoms with van der Waals surface area (Å²) >= 11 is 0. The van der Waals surface area contributed by atoms with Gasteiger partial charge in [-0.2, -0.15) is 4.80 Å². The van der Waals surface area contributed by atoms with Gasteiger partial charge in [-0.3, -0.25) is 19.2 Å². The Bertz CT molecular complexity index is 1500. The average Bonchev–Trinajstić information content (AvgIpc) is 3.45. The summed E-state index contributed by atoms with van der Waals surface area (Å²) in [6.45, 7) is 8.17. The predicted molar refractivity (Wildman–Crippen MR) is 162 cm³/mol.